The van der Waals surface area contributed by atoms with E-state index >= 15 is 0 Å². The Morgan fingerprint density at radius 3 is 1.17 bits per heavy atom. The summed E-state index contributed by atoms with van der Waals surface area (Å²) in [5.74, 6) is 1.92. The van der Waals surface area contributed by atoms with Crippen LogP contribution in [-0.2, 0) is 51.2 Å². The minimum Gasteiger partial charge on any atom is -0.693 e. The zero-order valence-corrected chi connectivity index (χ0v) is 31.9. The molecular weight excluding hydrogens is 829 g/mol. The number of benzene rings is 4. The van der Waals surface area contributed by atoms with Crippen LogP contribution in [0.15, 0.2) is 142 Å². The van der Waals surface area contributed by atoms with Crippen molar-refractivity contribution in [1.82, 2.24) is 19.9 Å². The Labute approximate surface area is 347 Å². The molecule has 0 aliphatic heterocycles. The third-order valence-corrected chi connectivity index (χ3v) is 7.10. The van der Waals surface area contributed by atoms with Crippen molar-refractivity contribution in [2.75, 3.05) is 26.2 Å². The maximum absolute atomic E-state index is 9.63. The molecule has 11 nitrogen and oxygen atoms in total. The van der Waals surface area contributed by atoms with Gasteiger partial charge >= 0.3 is 51.2 Å². The van der Waals surface area contributed by atoms with Crippen LogP contribution in [0, 0.1) is 0 Å². The monoisotopic (exact) mass is 867 g/mol. The standard InChI is InChI=1S/2C20H19N4O.3Cu.H2N/c2*25-19-10-5-4-9-17(19)13-21-11-6-12-22-14-18-15-23-20(24-18)16-7-2-1-3-8-16;;;;/h2*1-5,7-10,13-15H,6,11-12H2,(H-,21,22,23,24,25);;;;1H2/q2*-1;3*+1;-1. The zero-order chi connectivity index (χ0) is 34.6. The van der Waals surface area contributed by atoms with Crippen molar-refractivity contribution in [2.24, 2.45) is 20.0 Å². The van der Waals surface area contributed by atoms with Crippen LogP contribution in [0.5, 0.6) is 11.5 Å². The van der Waals surface area contributed by atoms with Crippen LogP contribution in [0.4, 0.5) is 0 Å². The van der Waals surface area contributed by atoms with Gasteiger partial charge in [-0.05, 0) is 59.6 Å². The number of aliphatic imine (C=N–C) groups is 4. The van der Waals surface area contributed by atoms with E-state index in [4.69, 9.17) is 0 Å². The summed E-state index contributed by atoms with van der Waals surface area (Å²) in [6.45, 7) is 2.67. The summed E-state index contributed by atoms with van der Waals surface area (Å²) >= 11 is 0. The van der Waals surface area contributed by atoms with E-state index < -0.39 is 0 Å². The van der Waals surface area contributed by atoms with Crippen molar-refractivity contribution in [3.05, 3.63) is 150 Å². The Morgan fingerprint density at radius 2 is 0.796 bits per heavy atom. The third-order valence-electron chi connectivity index (χ3n) is 7.10. The largest absolute Gasteiger partial charge is 1.00 e. The molecule has 0 spiro atoms. The molecule has 0 fully saturated rings. The molecule has 0 saturated heterocycles. The van der Waals surface area contributed by atoms with Crippen molar-refractivity contribution in [2.45, 2.75) is 12.8 Å². The van der Waals surface area contributed by atoms with Gasteiger partial charge in [0.2, 0.25) is 0 Å². The maximum Gasteiger partial charge on any atom is 1.00 e. The van der Waals surface area contributed by atoms with Crippen LogP contribution in [0.25, 0.3) is 28.9 Å². The molecule has 4 aromatic carbocycles. The predicted molar refractivity (Wildman–Crippen MR) is 207 cm³/mol. The molecule has 0 unspecified atom stereocenters. The van der Waals surface area contributed by atoms with Gasteiger partial charge in [-0.25, -0.2) is 0 Å². The average molecular weight is 869 g/mol. The Bertz CT molecular complexity index is 1870. The quantitative estimate of drug-likeness (QED) is 0.0655. The van der Waals surface area contributed by atoms with E-state index in [2.05, 4.69) is 39.9 Å². The van der Waals surface area contributed by atoms with Crippen molar-refractivity contribution < 1.29 is 61.4 Å². The fourth-order valence-electron chi connectivity index (χ4n) is 4.53. The summed E-state index contributed by atoms with van der Waals surface area (Å²) in [5, 5.41) is 19.3. The van der Waals surface area contributed by atoms with Crippen molar-refractivity contribution in [3.8, 4) is 34.3 Å². The summed E-state index contributed by atoms with van der Waals surface area (Å²) in [6.07, 6.45) is 12.0. The Kier molecular flexibility index (Phi) is 23.4. The van der Waals surface area contributed by atoms with Gasteiger partial charge in [0.25, 0.3) is 0 Å². The number of aromatic nitrogens is 4. The first-order valence-electron chi connectivity index (χ1n) is 16.3. The molecule has 0 atom stereocenters. The maximum atomic E-state index is 9.63. The van der Waals surface area contributed by atoms with E-state index in [1.165, 1.54) is 0 Å². The first-order chi connectivity index (χ1) is 24.7. The van der Waals surface area contributed by atoms with Gasteiger partial charge in [-0.2, -0.15) is 0 Å². The Morgan fingerprint density at radius 1 is 0.463 bits per heavy atom. The van der Waals surface area contributed by atoms with Crippen LogP contribution in [0.2, 0.25) is 0 Å². The summed E-state index contributed by atoms with van der Waals surface area (Å²) in [6, 6.07) is 34.0. The fraction of sp³-hybridized carbons (Fsp3) is 0.150. The van der Waals surface area contributed by atoms with E-state index in [1.807, 2.05) is 84.9 Å². The third kappa shape index (κ3) is 16.0. The number of phenols is 2. The number of phenolic OH excluding ortho intramolecular Hbond substituents is 2. The van der Waals surface area contributed by atoms with Gasteiger partial charge in [0.15, 0.2) is 0 Å². The number of rotatable bonds is 14. The molecule has 2 heterocycles. The van der Waals surface area contributed by atoms with Crippen LogP contribution in [0.1, 0.15) is 35.4 Å². The summed E-state index contributed by atoms with van der Waals surface area (Å²) in [5.41, 5.74) is 4.98. The molecule has 0 aliphatic carbocycles. The van der Waals surface area contributed by atoms with Gasteiger partial charge < -0.3 is 36.3 Å². The van der Waals surface area contributed by atoms with Gasteiger partial charge in [-0.1, -0.05) is 109 Å². The van der Waals surface area contributed by atoms with Crippen molar-refractivity contribution in [3.63, 3.8) is 0 Å². The molecule has 0 bridgehead atoms. The number of hydrogen-bond donors (Lipinski definition) is 2. The SMILES string of the molecule is Oc1ccccc1C=NCCCN=Cc1c[n-]c(-c2ccccc2)n1.Oc1ccccc1C=NCCCN=Cc1c[n-]c(-c2ccccc2)n1.[Cu+].[Cu+].[Cu+].[NH2-]. The van der Waals surface area contributed by atoms with E-state index in [-0.39, 0.29) is 68.9 Å². The molecule has 290 valence electrons. The van der Waals surface area contributed by atoms with Crippen LogP contribution < -0.4 is 9.97 Å². The second kappa shape index (κ2) is 26.8. The molecule has 0 aliphatic rings. The first-order valence-corrected chi connectivity index (χ1v) is 16.3. The first kappa shape index (κ1) is 47.1. The zero-order valence-electron chi connectivity index (χ0n) is 29.1. The number of para-hydroxylation sites is 2. The molecule has 6 rings (SSSR count). The molecule has 4 N–H and O–H groups in total. The fourth-order valence-corrected chi connectivity index (χ4v) is 4.53. The van der Waals surface area contributed by atoms with Gasteiger partial charge in [-0.15, -0.1) is 0 Å². The Hall–Kier alpha value is -4.90. The van der Waals surface area contributed by atoms with Crippen molar-refractivity contribution >= 4 is 24.9 Å². The van der Waals surface area contributed by atoms with E-state index in [9.17, 15) is 10.2 Å². The van der Waals surface area contributed by atoms with E-state index in [0.29, 0.717) is 37.8 Å². The number of nitrogens with two attached hydrogens (primary N) is 1. The topological polar surface area (TPSA) is 177 Å². The molecular formula is C40H40Cu3N9O2. The summed E-state index contributed by atoms with van der Waals surface area (Å²) < 4.78 is 0. The van der Waals surface area contributed by atoms with E-state index in [0.717, 1.165) is 46.5 Å². The Balaban J connectivity index is 0.000000503. The molecule has 6 aromatic rings. The summed E-state index contributed by atoms with van der Waals surface area (Å²) in [4.78, 5) is 34.8. The second-order valence-electron chi connectivity index (χ2n) is 10.9. The van der Waals surface area contributed by atoms with Gasteiger partial charge in [0.05, 0.1) is 0 Å². The normalized spacial score (nSPS) is 10.7. The van der Waals surface area contributed by atoms with Crippen molar-refractivity contribution in [1.29, 1.82) is 0 Å². The van der Waals surface area contributed by atoms with Crippen LogP contribution >= 0.6 is 0 Å². The molecule has 0 amide bonds. The number of aromatic hydroxyl groups is 2. The average Bonchev–Trinajstić information content (AvgIpc) is 3.84. The van der Waals surface area contributed by atoms with Gasteiger partial charge in [0, 0.05) is 62.2 Å². The molecule has 54 heavy (non-hydrogen) atoms. The molecule has 0 radical (unpaired) electrons. The van der Waals surface area contributed by atoms with Crippen LogP contribution in [-0.4, -0.2) is 71.2 Å². The minimum absolute atomic E-state index is 0. The molecule has 2 aromatic heterocycles. The second-order valence-corrected chi connectivity index (χ2v) is 10.9. The molecule has 0 saturated carbocycles. The number of hydrogen-bond acceptors (Lipinski definition) is 8. The predicted octanol–water partition coefficient (Wildman–Crippen LogP) is 7.39. The number of imidazole rings is 2. The van der Waals surface area contributed by atoms with Crippen LogP contribution in [0.3, 0.4) is 0 Å². The minimum atomic E-state index is 0. The van der Waals surface area contributed by atoms with E-state index in [1.54, 1.807) is 61.5 Å². The van der Waals surface area contributed by atoms with Gasteiger partial charge in [0.1, 0.15) is 11.5 Å². The summed E-state index contributed by atoms with van der Waals surface area (Å²) in [7, 11) is 0. The smallest absolute Gasteiger partial charge is 0.693 e. The molecule has 14 heteroatoms. The number of nitrogens with zero attached hydrogens (tertiary/aromatic N) is 8. The van der Waals surface area contributed by atoms with Gasteiger partial charge in [-0.3, -0.25) is 20.0 Å².